The van der Waals surface area contributed by atoms with E-state index >= 15 is 0 Å². The van der Waals surface area contributed by atoms with Gasteiger partial charge in [0.2, 0.25) is 5.91 Å². The summed E-state index contributed by atoms with van der Waals surface area (Å²) < 4.78 is 5.57. The van der Waals surface area contributed by atoms with Crippen molar-refractivity contribution in [2.45, 2.75) is 64.2 Å². The highest BCUT2D eigenvalue weighted by molar-refractivity contribution is 5.81. The van der Waals surface area contributed by atoms with E-state index in [1.54, 1.807) is 0 Å². The molecule has 0 unspecified atom stereocenters. The number of ether oxygens (including phenoxy) is 1. The normalized spacial score (nSPS) is 25.8. The lowest BCUT2D eigenvalue weighted by Gasteiger charge is -2.29. The molecule has 0 bridgehead atoms. The molecule has 1 aliphatic heterocycles. The highest BCUT2D eigenvalue weighted by Crippen LogP contribution is 2.21. The first-order valence-corrected chi connectivity index (χ1v) is 6.22. The number of hydrogen-bond donors (Lipinski definition) is 2. The molecular formula is C12H24N2O2. The lowest BCUT2D eigenvalue weighted by Crippen LogP contribution is -2.49. The van der Waals surface area contributed by atoms with Crippen LogP contribution in [-0.4, -0.2) is 30.2 Å². The maximum absolute atomic E-state index is 12.0. The molecule has 1 saturated heterocycles. The van der Waals surface area contributed by atoms with E-state index in [9.17, 15) is 4.79 Å². The molecule has 4 nitrogen and oxygen atoms in total. The third-order valence-electron chi connectivity index (χ3n) is 3.65. The molecule has 4 heteroatoms. The van der Waals surface area contributed by atoms with Crippen LogP contribution in [0.3, 0.4) is 0 Å². The Bertz CT molecular complexity index is 239. The summed E-state index contributed by atoms with van der Waals surface area (Å²) in [5.74, 6) is 0.0159. The van der Waals surface area contributed by atoms with Crippen LogP contribution in [0.5, 0.6) is 0 Å². The van der Waals surface area contributed by atoms with Crippen molar-refractivity contribution in [3.8, 4) is 0 Å². The second kappa shape index (κ2) is 5.64. The van der Waals surface area contributed by atoms with E-state index in [1.807, 2.05) is 0 Å². The average molecular weight is 228 g/mol. The molecule has 3 N–H and O–H groups in total. The predicted molar refractivity (Wildman–Crippen MR) is 64.1 cm³/mol. The molecular weight excluding hydrogens is 204 g/mol. The summed E-state index contributed by atoms with van der Waals surface area (Å²) in [6, 6.07) is 0. The molecule has 94 valence electrons. The Morgan fingerprint density at radius 3 is 2.50 bits per heavy atom. The summed E-state index contributed by atoms with van der Waals surface area (Å²) >= 11 is 0. The minimum absolute atomic E-state index is 0.0159. The molecule has 2 atom stereocenters. The van der Waals surface area contributed by atoms with Crippen LogP contribution in [0.4, 0.5) is 0 Å². The zero-order valence-electron chi connectivity index (χ0n) is 10.6. The van der Waals surface area contributed by atoms with Gasteiger partial charge in [-0.05, 0) is 32.6 Å². The Balaban J connectivity index is 2.47. The SMILES string of the molecule is CCC(C)(CC)NC(=O)[C@@H]1CC[C@H](CN)O1. The lowest BCUT2D eigenvalue weighted by atomic mass is 9.95. The van der Waals surface area contributed by atoms with E-state index in [0.717, 1.165) is 25.7 Å². The quantitative estimate of drug-likeness (QED) is 0.743. The van der Waals surface area contributed by atoms with Gasteiger partial charge < -0.3 is 15.8 Å². The Kier molecular flexibility index (Phi) is 4.74. The minimum Gasteiger partial charge on any atom is -0.364 e. The van der Waals surface area contributed by atoms with Gasteiger partial charge in [0.1, 0.15) is 6.10 Å². The monoisotopic (exact) mass is 228 g/mol. The fourth-order valence-corrected chi connectivity index (χ4v) is 1.88. The van der Waals surface area contributed by atoms with Gasteiger partial charge in [0, 0.05) is 12.1 Å². The van der Waals surface area contributed by atoms with Crippen LogP contribution in [0.15, 0.2) is 0 Å². The summed E-state index contributed by atoms with van der Waals surface area (Å²) in [4.78, 5) is 12.0. The first-order chi connectivity index (χ1) is 7.54. The molecule has 0 aromatic heterocycles. The summed E-state index contributed by atoms with van der Waals surface area (Å²) in [5, 5.41) is 3.07. The van der Waals surface area contributed by atoms with Gasteiger partial charge in [-0.2, -0.15) is 0 Å². The predicted octanol–water partition coefficient (Wildman–Crippen LogP) is 1.19. The highest BCUT2D eigenvalue weighted by atomic mass is 16.5. The van der Waals surface area contributed by atoms with Gasteiger partial charge in [0.15, 0.2) is 0 Å². The van der Waals surface area contributed by atoms with Crippen LogP contribution >= 0.6 is 0 Å². The van der Waals surface area contributed by atoms with Crippen molar-refractivity contribution in [3.63, 3.8) is 0 Å². The molecule has 0 aromatic carbocycles. The summed E-state index contributed by atoms with van der Waals surface area (Å²) in [6.07, 6.45) is 3.31. The van der Waals surface area contributed by atoms with Gasteiger partial charge in [-0.3, -0.25) is 4.79 Å². The van der Waals surface area contributed by atoms with Gasteiger partial charge in [0.05, 0.1) is 6.10 Å². The standard InChI is InChI=1S/C12H24N2O2/c1-4-12(3,5-2)14-11(15)10-7-6-9(8-13)16-10/h9-10H,4-8,13H2,1-3H3,(H,14,15)/t9-,10+/m1/s1. The Morgan fingerprint density at radius 2 is 2.06 bits per heavy atom. The lowest BCUT2D eigenvalue weighted by molar-refractivity contribution is -0.133. The van der Waals surface area contributed by atoms with E-state index in [4.69, 9.17) is 10.5 Å². The van der Waals surface area contributed by atoms with Crippen LogP contribution in [0, 0.1) is 0 Å². The third-order valence-corrected chi connectivity index (χ3v) is 3.65. The first kappa shape index (κ1) is 13.5. The Labute approximate surface area is 97.9 Å². The van der Waals surface area contributed by atoms with E-state index < -0.39 is 0 Å². The van der Waals surface area contributed by atoms with Crippen molar-refractivity contribution in [3.05, 3.63) is 0 Å². The van der Waals surface area contributed by atoms with Crippen molar-refractivity contribution in [1.82, 2.24) is 5.32 Å². The number of hydrogen-bond acceptors (Lipinski definition) is 3. The molecule has 1 aliphatic rings. The number of nitrogens with two attached hydrogens (primary N) is 1. The Morgan fingerprint density at radius 1 is 1.44 bits per heavy atom. The van der Waals surface area contributed by atoms with Crippen LogP contribution in [0.2, 0.25) is 0 Å². The molecule has 16 heavy (non-hydrogen) atoms. The largest absolute Gasteiger partial charge is 0.364 e. The summed E-state index contributed by atoms with van der Waals surface area (Å²) in [5.41, 5.74) is 5.41. The van der Waals surface area contributed by atoms with Crippen LogP contribution in [0.1, 0.15) is 46.5 Å². The van der Waals surface area contributed by atoms with Crippen molar-refractivity contribution in [2.75, 3.05) is 6.54 Å². The second-order valence-electron chi connectivity index (χ2n) is 4.82. The van der Waals surface area contributed by atoms with Crippen LogP contribution in [-0.2, 0) is 9.53 Å². The first-order valence-electron chi connectivity index (χ1n) is 6.22. The topological polar surface area (TPSA) is 64.4 Å². The van der Waals surface area contributed by atoms with Crippen molar-refractivity contribution < 1.29 is 9.53 Å². The number of carbonyl (C=O) groups is 1. The molecule has 1 rings (SSSR count). The fourth-order valence-electron chi connectivity index (χ4n) is 1.88. The fraction of sp³-hybridized carbons (Fsp3) is 0.917. The van der Waals surface area contributed by atoms with Gasteiger partial charge in [-0.1, -0.05) is 13.8 Å². The van der Waals surface area contributed by atoms with Gasteiger partial charge in [0.25, 0.3) is 0 Å². The summed E-state index contributed by atoms with van der Waals surface area (Å²) in [7, 11) is 0. The number of amides is 1. The smallest absolute Gasteiger partial charge is 0.249 e. The van der Waals surface area contributed by atoms with Crippen molar-refractivity contribution >= 4 is 5.91 Å². The molecule has 0 aliphatic carbocycles. The summed E-state index contributed by atoms with van der Waals surface area (Å²) in [6.45, 7) is 6.74. The van der Waals surface area contributed by atoms with Crippen LogP contribution < -0.4 is 11.1 Å². The second-order valence-corrected chi connectivity index (χ2v) is 4.82. The number of rotatable bonds is 5. The average Bonchev–Trinajstić information content (AvgIpc) is 2.77. The van der Waals surface area contributed by atoms with Crippen molar-refractivity contribution in [1.29, 1.82) is 0 Å². The zero-order valence-corrected chi connectivity index (χ0v) is 10.6. The van der Waals surface area contributed by atoms with Gasteiger partial charge >= 0.3 is 0 Å². The van der Waals surface area contributed by atoms with Crippen molar-refractivity contribution in [2.24, 2.45) is 5.73 Å². The van der Waals surface area contributed by atoms with Crippen LogP contribution in [0.25, 0.3) is 0 Å². The molecule has 1 heterocycles. The third kappa shape index (κ3) is 3.19. The Hall–Kier alpha value is -0.610. The zero-order chi connectivity index (χ0) is 12.2. The minimum atomic E-state index is -0.300. The number of nitrogens with one attached hydrogen (secondary N) is 1. The molecule has 0 aromatic rings. The number of carbonyl (C=O) groups excluding carboxylic acids is 1. The molecule has 0 saturated carbocycles. The van der Waals surface area contributed by atoms with Gasteiger partial charge in [-0.15, -0.1) is 0 Å². The highest BCUT2D eigenvalue weighted by Gasteiger charge is 2.32. The molecule has 1 amide bonds. The molecule has 0 spiro atoms. The van der Waals surface area contributed by atoms with E-state index in [1.165, 1.54) is 0 Å². The maximum atomic E-state index is 12.0. The molecule has 0 radical (unpaired) electrons. The van der Waals surface area contributed by atoms with E-state index in [2.05, 4.69) is 26.1 Å². The van der Waals surface area contributed by atoms with Gasteiger partial charge in [-0.25, -0.2) is 0 Å². The van der Waals surface area contributed by atoms with E-state index in [-0.39, 0.29) is 23.7 Å². The van der Waals surface area contributed by atoms with E-state index in [0.29, 0.717) is 6.54 Å². The maximum Gasteiger partial charge on any atom is 0.249 e. The molecule has 1 fully saturated rings.